The van der Waals surface area contributed by atoms with Crippen LogP contribution in [0.1, 0.15) is 69.7 Å². The van der Waals surface area contributed by atoms with Crippen LogP contribution in [0.2, 0.25) is 0 Å². The van der Waals surface area contributed by atoms with E-state index in [0.29, 0.717) is 24.3 Å². The molecule has 1 aromatic rings. The van der Waals surface area contributed by atoms with Crippen molar-refractivity contribution in [3.8, 4) is 0 Å². The lowest BCUT2D eigenvalue weighted by atomic mass is 9.85. The number of carbonyl (C=O) groups excluding carboxylic acids is 1. The Balaban J connectivity index is 1.60. The van der Waals surface area contributed by atoms with Gasteiger partial charge in [-0.15, -0.1) is 23.1 Å². The minimum atomic E-state index is -0.781. The molecule has 27 heavy (non-hydrogen) atoms. The predicted octanol–water partition coefficient (Wildman–Crippen LogP) is 4.60. The largest absolute Gasteiger partial charge is 0.481 e. The van der Waals surface area contributed by atoms with Gasteiger partial charge in [-0.1, -0.05) is 19.8 Å². The van der Waals surface area contributed by atoms with Gasteiger partial charge in [0.25, 0.3) is 0 Å². The van der Waals surface area contributed by atoms with Gasteiger partial charge in [-0.05, 0) is 44.4 Å². The summed E-state index contributed by atoms with van der Waals surface area (Å²) in [6.45, 7) is 2.32. The second-order valence-electron chi connectivity index (χ2n) is 7.89. The van der Waals surface area contributed by atoms with Gasteiger partial charge in [0, 0.05) is 17.8 Å². The maximum Gasteiger partial charge on any atom is 0.304 e. The van der Waals surface area contributed by atoms with E-state index in [1.54, 1.807) is 6.20 Å². The molecule has 1 aromatic heterocycles. The summed E-state index contributed by atoms with van der Waals surface area (Å²) in [6.07, 6.45) is 11.8. The molecular weight excluding hydrogens is 380 g/mol. The highest BCUT2D eigenvalue weighted by atomic mass is 32.2. The maximum atomic E-state index is 13.2. The highest BCUT2D eigenvalue weighted by Crippen LogP contribution is 2.34. The number of thioether (sulfide) groups is 1. The average Bonchev–Trinajstić information content (AvgIpc) is 3.29. The van der Waals surface area contributed by atoms with Gasteiger partial charge in [0.15, 0.2) is 0 Å². The Morgan fingerprint density at radius 3 is 2.52 bits per heavy atom. The molecule has 1 N–H and O–H groups in total. The standard InChI is InChI=1S/C20H30N2O3S2/c1-14-6-8-16(9-7-14)22(15-4-2-3-5-15)18(23)12-17-21-13-20(27-17)26-11-10-19(24)25/h13-16H,2-12H2,1H3,(H,24,25). The summed E-state index contributed by atoms with van der Waals surface area (Å²) < 4.78 is 0.998. The number of hydrogen-bond acceptors (Lipinski definition) is 5. The van der Waals surface area contributed by atoms with Gasteiger partial charge < -0.3 is 10.0 Å². The Morgan fingerprint density at radius 2 is 1.85 bits per heavy atom. The monoisotopic (exact) mass is 410 g/mol. The predicted molar refractivity (Wildman–Crippen MR) is 109 cm³/mol. The van der Waals surface area contributed by atoms with E-state index < -0.39 is 5.97 Å². The zero-order valence-electron chi connectivity index (χ0n) is 16.1. The molecule has 150 valence electrons. The maximum absolute atomic E-state index is 13.2. The van der Waals surface area contributed by atoms with E-state index in [1.807, 2.05) is 0 Å². The zero-order chi connectivity index (χ0) is 19.2. The average molecular weight is 411 g/mol. The quantitative estimate of drug-likeness (QED) is 0.634. The van der Waals surface area contributed by atoms with E-state index in [9.17, 15) is 9.59 Å². The first kappa shape index (κ1) is 20.6. The lowest BCUT2D eigenvalue weighted by molar-refractivity contribution is -0.137. The van der Waals surface area contributed by atoms with E-state index >= 15 is 0 Å². The van der Waals surface area contributed by atoms with Crippen molar-refractivity contribution < 1.29 is 14.7 Å². The fourth-order valence-corrected chi connectivity index (χ4v) is 6.33. The van der Waals surface area contributed by atoms with Crippen molar-refractivity contribution in [1.29, 1.82) is 0 Å². The van der Waals surface area contributed by atoms with Gasteiger partial charge in [-0.2, -0.15) is 0 Å². The fraction of sp³-hybridized carbons (Fsp3) is 0.750. The van der Waals surface area contributed by atoms with Crippen LogP contribution in [-0.4, -0.2) is 44.7 Å². The minimum Gasteiger partial charge on any atom is -0.481 e. The second-order valence-corrected chi connectivity index (χ2v) is 10.4. The topological polar surface area (TPSA) is 70.5 Å². The third-order valence-electron chi connectivity index (χ3n) is 5.78. The lowest BCUT2D eigenvalue weighted by Crippen LogP contribution is -2.48. The minimum absolute atomic E-state index is 0.145. The molecule has 0 aromatic carbocycles. The van der Waals surface area contributed by atoms with Crippen molar-refractivity contribution in [1.82, 2.24) is 9.88 Å². The molecule has 2 saturated carbocycles. The second kappa shape index (κ2) is 9.92. The van der Waals surface area contributed by atoms with Gasteiger partial charge >= 0.3 is 5.97 Å². The Hall–Kier alpha value is -1.08. The third kappa shape index (κ3) is 5.95. The number of amides is 1. The zero-order valence-corrected chi connectivity index (χ0v) is 17.7. The number of carboxylic acid groups (broad SMARTS) is 1. The van der Waals surface area contributed by atoms with E-state index in [1.165, 1.54) is 48.8 Å². The van der Waals surface area contributed by atoms with Crippen molar-refractivity contribution in [3.63, 3.8) is 0 Å². The van der Waals surface area contributed by atoms with Gasteiger partial charge in [-0.3, -0.25) is 9.59 Å². The summed E-state index contributed by atoms with van der Waals surface area (Å²) in [4.78, 5) is 30.5. The molecule has 5 nitrogen and oxygen atoms in total. The number of aromatic nitrogens is 1. The van der Waals surface area contributed by atoms with Gasteiger partial charge in [0.05, 0.1) is 23.2 Å². The van der Waals surface area contributed by atoms with Crippen molar-refractivity contribution in [3.05, 3.63) is 11.2 Å². The van der Waals surface area contributed by atoms with Crippen molar-refractivity contribution in [2.24, 2.45) is 5.92 Å². The van der Waals surface area contributed by atoms with Crippen LogP contribution in [0.25, 0.3) is 0 Å². The summed E-state index contributed by atoms with van der Waals surface area (Å²) in [5.41, 5.74) is 0. The number of rotatable bonds is 8. The Morgan fingerprint density at radius 1 is 1.19 bits per heavy atom. The first-order valence-electron chi connectivity index (χ1n) is 10.1. The molecule has 0 aliphatic heterocycles. The normalized spacial score (nSPS) is 23.4. The summed E-state index contributed by atoms with van der Waals surface area (Å²) >= 11 is 3.04. The summed E-state index contributed by atoms with van der Waals surface area (Å²) in [5, 5.41) is 9.60. The molecule has 0 radical (unpaired) electrons. The molecule has 7 heteroatoms. The van der Waals surface area contributed by atoms with Crippen LogP contribution in [0.4, 0.5) is 0 Å². The van der Waals surface area contributed by atoms with Crippen LogP contribution >= 0.6 is 23.1 Å². The van der Waals surface area contributed by atoms with Gasteiger partial charge in [0.2, 0.25) is 5.91 Å². The number of aliphatic carboxylic acids is 1. The van der Waals surface area contributed by atoms with Crippen LogP contribution in [0.3, 0.4) is 0 Å². The van der Waals surface area contributed by atoms with Crippen LogP contribution in [0.15, 0.2) is 10.4 Å². The third-order valence-corrected chi connectivity index (χ3v) is 7.97. The number of hydrogen-bond donors (Lipinski definition) is 1. The van der Waals surface area contributed by atoms with Crippen molar-refractivity contribution >= 4 is 35.0 Å². The number of thiazole rings is 1. The summed E-state index contributed by atoms with van der Waals surface area (Å²) in [5.74, 6) is 0.778. The van der Waals surface area contributed by atoms with Crippen LogP contribution in [-0.2, 0) is 16.0 Å². The van der Waals surface area contributed by atoms with E-state index in [0.717, 1.165) is 40.8 Å². The number of carbonyl (C=O) groups is 2. The molecule has 2 aliphatic rings. The molecule has 0 atom stereocenters. The number of nitrogens with zero attached hydrogens (tertiary/aromatic N) is 2. The fourth-order valence-electron chi connectivity index (χ4n) is 4.31. The lowest BCUT2D eigenvalue weighted by Gasteiger charge is -2.40. The summed E-state index contributed by atoms with van der Waals surface area (Å²) in [7, 11) is 0. The SMILES string of the molecule is CC1CCC(N(C(=O)Cc2ncc(SCCC(=O)O)s2)C2CCCC2)CC1. The van der Waals surface area contributed by atoms with E-state index in [2.05, 4.69) is 16.8 Å². The van der Waals surface area contributed by atoms with Gasteiger partial charge in [-0.25, -0.2) is 4.98 Å². The molecule has 3 rings (SSSR count). The Labute approximate surface area is 169 Å². The van der Waals surface area contributed by atoms with Crippen LogP contribution in [0, 0.1) is 5.92 Å². The molecule has 2 fully saturated rings. The highest BCUT2D eigenvalue weighted by molar-refractivity contribution is 8.01. The first-order valence-corrected chi connectivity index (χ1v) is 11.9. The molecular formula is C20H30N2O3S2. The smallest absolute Gasteiger partial charge is 0.304 e. The van der Waals surface area contributed by atoms with Gasteiger partial charge in [0.1, 0.15) is 5.01 Å². The Bertz CT molecular complexity index is 635. The van der Waals surface area contributed by atoms with E-state index in [-0.39, 0.29) is 12.3 Å². The van der Waals surface area contributed by atoms with Crippen molar-refractivity contribution in [2.45, 2.75) is 87.4 Å². The molecule has 0 saturated heterocycles. The summed E-state index contributed by atoms with van der Waals surface area (Å²) in [6, 6.07) is 0.821. The molecule has 2 aliphatic carbocycles. The highest BCUT2D eigenvalue weighted by Gasteiger charge is 2.34. The van der Waals surface area contributed by atoms with Crippen LogP contribution < -0.4 is 0 Å². The first-order chi connectivity index (χ1) is 13.0. The van der Waals surface area contributed by atoms with Crippen molar-refractivity contribution in [2.75, 3.05) is 5.75 Å². The molecule has 0 unspecified atom stereocenters. The Kier molecular flexibility index (Phi) is 7.58. The van der Waals surface area contributed by atoms with E-state index in [4.69, 9.17) is 5.11 Å². The molecule has 1 heterocycles. The molecule has 1 amide bonds. The molecule has 0 spiro atoms. The molecule has 0 bridgehead atoms. The van der Waals surface area contributed by atoms with Crippen LogP contribution in [0.5, 0.6) is 0 Å². The number of carboxylic acids is 1.